The molecule has 24 heavy (non-hydrogen) atoms. The Morgan fingerprint density at radius 2 is 1.88 bits per heavy atom. The van der Waals surface area contributed by atoms with Gasteiger partial charge in [-0.15, -0.1) is 0 Å². The minimum atomic E-state index is -1.03. The van der Waals surface area contributed by atoms with Crippen molar-refractivity contribution in [1.82, 2.24) is 0 Å². The summed E-state index contributed by atoms with van der Waals surface area (Å²) in [7, 11) is 0. The van der Waals surface area contributed by atoms with Gasteiger partial charge in [0.15, 0.2) is 6.61 Å². The zero-order chi connectivity index (χ0) is 17.5. The van der Waals surface area contributed by atoms with Crippen LogP contribution in [-0.4, -0.2) is 23.6 Å². The first-order valence-electron chi connectivity index (χ1n) is 7.81. The van der Waals surface area contributed by atoms with Gasteiger partial charge >= 0.3 is 5.97 Å². The number of carbonyl (C=O) groups is 2. The van der Waals surface area contributed by atoms with Crippen LogP contribution in [0.3, 0.4) is 0 Å². The van der Waals surface area contributed by atoms with E-state index in [9.17, 15) is 9.59 Å². The number of carboxylic acid groups (broad SMARTS) is 1. The average Bonchev–Trinajstić information content (AvgIpc) is 2.55. The fourth-order valence-electron chi connectivity index (χ4n) is 2.35. The van der Waals surface area contributed by atoms with Crippen molar-refractivity contribution >= 4 is 17.6 Å². The fraction of sp³-hybridized carbons (Fsp3) is 0.263. The fourth-order valence-corrected chi connectivity index (χ4v) is 2.35. The van der Waals surface area contributed by atoms with E-state index in [0.29, 0.717) is 17.9 Å². The molecule has 0 unspecified atom stereocenters. The number of aliphatic carboxylic acids is 1. The Morgan fingerprint density at radius 1 is 1.12 bits per heavy atom. The molecule has 0 aromatic heterocycles. The standard InChI is InChI=1S/C19H21NO4/c1-3-14-5-4-6-15(10-14)11-18(21)20-17-8-7-16(9-13(17)2)24-12-19(22)23/h4-10H,3,11-12H2,1-2H3,(H,20,21)(H,22,23). The molecular formula is C19H21NO4. The van der Waals surface area contributed by atoms with E-state index < -0.39 is 5.97 Å². The molecule has 0 aliphatic rings. The lowest BCUT2D eigenvalue weighted by molar-refractivity contribution is -0.139. The van der Waals surface area contributed by atoms with Crippen molar-refractivity contribution < 1.29 is 19.4 Å². The molecule has 0 aliphatic heterocycles. The zero-order valence-electron chi connectivity index (χ0n) is 13.8. The second kappa shape index (κ2) is 8.15. The van der Waals surface area contributed by atoms with E-state index in [1.54, 1.807) is 18.2 Å². The van der Waals surface area contributed by atoms with Gasteiger partial charge in [-0.2, -0.15) is 0 Å². The predicted octanol–water partition coefficient (Wildman–Crippen LogP) is 3.20. The third-order valence-corrected chi connectivity index (χ3v) is 3.60. The first-order chi connectivity index (χ1) is 11.5. The number of amides is 1. The third-order valence-electron chi connectivity index (χ3n) is 3.60. The van der Waals surface area contributed by atoms with Gasteiger partial charge in [-0.3, -0.25) is 4.79 Å². The van der Waals surface area contributed by atoms with Gasteiger partial charge in [0.25, 0.3) is 0 Å². The highest BCUT2D eigenvalue weighted by Crippen LogP contribution is 2.21. The van der Waals surface area contributed by atoms with Crippen LogP contribution in [-0.2, 0) is 22.4 Å². The number of rotatable bonds is 7. The number of carbonyl (C=O) groups excluding carboxylic acids is 1. The summed E-state index contributed by atoms with van der Waals surface area (Å²) in [5.41, 5.74) is 3.69. The summed E-state index contributed by atoms with van der Waals surface area (Å²) in [5.74, 6) is -0.659. The third kappa shape index (κ3) is 5.12. The van der Waals surface area contributed by atoms with E-state index in [0.717, 1.165) is 17.5 Å². The van der Waals surface area contributed by atoms with E-state index in [4.69, 9.17) is 9.84 Å². The molecule has 126 valence electrons. The molecule has 0 aliphatic carbocycles. The number of hydrogen-bond donors (Lipinski definition) is 2. The van der Waals surface area contributed by atoms with E-state index in [2.05, 4.69) is 12.2 Å². The van der Waals surface area contributed by atoms with Gasteiger partial charge in [0.2, 0.25) is 5.91 Å². The Bertz CT molecular complexity index is 740. The normalized spacial score (nSPS) is 10.2. The number of ether oxygens (including phenoxy) is 1. The Kier molecular flexibility index (Phi) is 5.95. The quantitative estimate of drug-likeness (QED) is 0.819. The minimum absolute atomic E-state index is 0.0921. The van der Waals surface area contributed by atoms with Crippen LogP contribution in [0, 0.1) is 6.92 Å². The van der Waals surface area contributed by atoms with Gasteiger partial charge in [0, 0.05) is 5.69 Å². The van der Waals surface area contributed by atoms with Gasteiger partial charge in [-0.1, -0.05) is 31.2 Å². The molecule has 0 saturated heterocycles. The summed E-state index contributed by atoms with van der Waals surface area (Å²) in [4.78, 5) is 22.7. The van der Waals surface area contributed by atoms with E-state index in [1.807, 2.05) is 31.2 Å². The van der Waals surface area contributed by atoms with Crippen LogP contribution in [0.4, 0.5) is 5.69 Å². The number of aryl methyl sites for hydroxylation is 2. The molecule has 1 amide bonds. The maximum Gasteiger partial charge on any atom is 0.341 e. The highest BCUT2D eigenvalue weighted by Gasteiger charge is 2.08. The Balaban J connectivity index is 1.99. The predicted molar refractivity (Wildman–Crippen MR) is 92.5 cm³/mol. The highest BCUT2D eigenvalue weighted by molar-refractivity contribution is 5.93. The maximum atomic E-state index is 12.2. The minimum Gasteiger partial charge on any atom is -0.482 e. The molecule has 0 spiro atoms. The monoisotopic (exact) mass is 327 g/mol. The summed E-state index contributed by atoms with van der Waals surface area (Å²) in [5, 5.41) is 11.5. The largest absolute Gasteiger partial charge is 0.482 e. The summed E-state index contributed by atoms with van der Waals surface area (Å²) in [6.07, 6.45) is 1.25. The van der Waals surface area contributed by atoms with Crippen molar-refractivity contribution in [3.05, 3.63) is 59.2 Å². The van der Waals surface area contributed by atoms with Crippen LogP contribution >= 0.6 is 0 Å². The number of nitrogens with one attached hydrogen (secondary N) is 1. The van der Waals surface area contributed by atoms with E-state index in [1.165, 1.54) is 5.56 Å². The van der Waals surface area contributed by atoms with Crippen molar-refractivity contribution in [3.8, 4) is 5.75 Å². The second-order valence-corrected chi connectivity index (χ2v) is 5.56. The Labute approximate surface area is 141 Å². The number of benzene rings is 2. The topological polar surface area (TPSA) is 75.6 Å². The molecule has 2 N–H and O–H groups in total. The molecule has 0 saturated carbocycles. The lowest BCUT2D eigenvalue weighted by Crippen LogP contribution is -2.15. The molecule has 0 radical (unpaired) electrons. The lowest BCUT2D eigenvalue weighted by atomic mass is 10.1. The SMILES string of the molecule is CCc1cccc(CC(=O)Nc2ccc(OCC(=O)O)cc2C)c1. The van der Waals surface area contributed by atoms with Gasteiger partial charge in [0.1, 0.15) is 5.75 Å². The van der Waals surface area contributed by atoms with Crippen LogP contribution < -0.4 is 10.1 Å². The van der Waals surface area contributed by atoms with Gasteiger partial charge in [-0.25, -0.2) is 4.79 Å². The van der Waals surface area contributed by atoms with Crippen molar-refractivity contribution in [2.45, 2.75) is 26.7 Å². The van der Waals surface area contributed by atoms with Gasteiger partial charge in [0.05, 0.1) is 6.42 Å². The summed E-state index contributed by atoms with van der Waals surface area (Å²) in [6.45, 7) is 3.52. The second-order valence-electron chi connectivity index (χ2n) is 5.56. The van der Waals surface area contributed by atoms with Crippen LogP contribution in [0.25, 0.3) is 0 Å². The van der Waals surface area contributed by atoms with Crippen LogP contribution in [0.5, 0.6) is 5.75 Å². The maximum absolute atomic E-state index is 12.2. The molecule has 2 rings (SSSR count). The molecule has 0 heterocycles. The van der Waals surface area contributed by atoms with Crippen molar-refractivity contribution in [3.63, 3.8) is 0 Å². The first-order valence-corrected chi connectivity index (χ1v) is 7.81. The molecule has 5 nitrogen and oxygen atoms in total. The molecule has 0 atom stereocenters. The smallest absolute Gasteiger partial charge is 0.341 e. The Hall–Kier alpha value is -2.82. The molecule has 2 aromatic carbocycles. The number of carboxylic acids is 1. The zero-order valence-corrected chi connectivity index (χ0v) is 13.8. The first kappa shape index (κ1) is 17.5. The number of hydrogen-bond acceptors (Lipinski definition) is 3. The van der Waals surface area contributed by atoms with Crippen molar-refractivity contribution in [1.29, 1.82) is 0 Å². The van der Waals surface area contributed by atoms with Crippen molar-refractivity contribution in [2.24, 2.45) is 0 Å². The van der Waals surface area contributed by atoms with Crippen LogP contribution in [0.2, 0.25) is 0 Å². The van der Waals surface area contributed by atoms with Gasteiger partial charge < -0.3 is 15.2 Å². The van der Waals surface area contributed by atoms with Crippen LogP contribution in [0.1, 0.15) is 23.6 Å². The van der Waals surface area contributed by atoms with E-state index in [-0.39, 0.29) is 12.5 Å². The summed E-state index contributed by atoms with van der Waals surface area (Å²) in [6, 6.07) is 13.0. The lowest BCUT2D eigenvalue weighted by Gasteiger charge is -2.11. The molecular weight excluding hydrogens is 306 g/mol. The highest BCUT2D eigenvalue weighted by atomic mass is 16.5. The summed E-state index contributed by atoms with van der Waals surface area (Å²) < 4.78 is 5.12. The van der Waals surface area contributed by atoms with Crippen LogP contribution in [0.15, 0.2) is 42.5 Å². The number of anilines is 1. The molecule has 5 heteroatoms. The Morgan fingerprint density at radius 3 is 2.54 bits per heavy atom. The van der Waals surface area contributed by atoms with E-state index >= 15 is 0 Å². The molecule has 0 fully saturated rings. The average molecular weight is 327 g/mol. The van der Waals surface area contributed by atoms with Gasteiger partial charge in [-0.05, 0) is 48.2 Å². The molecule has 0 bridgehead atoms. The molecule has 2 aromatic rings. The van der Waals surface area contributed by atoms with Crippen molar-refractivity contribution in [2.75, 3.05) is 11.9 Å². The summed E-state index contributed by atoms with van der Waals surface area (Å²) >= 11 is 0.